The Hall–Kier alpha value is -3.20. The monoisotopic (exact) mass is 660 g/mol. The van der Waals surface area contributed by atoms with Gasteiger partial charge < -0.3 is 0 Å². The molecule has 3 aromatic rings. The van der Waals surface area contributed by atoms with Crippen molar-refractivity contribution in [3.63, 3.8) is 0 Å². The molecule has 0 saturated carbocycles. The minimum atomic E-state index is -4.39. The van der Waals surface area contributed by atoms with Crippen LogP contribution in [0.2, 0.25) is 0 Å². The first-order chi connectivity index (χ1) is 17.7. The molecule has 13 heteroatoms. The van der Waals surface area contributed by atoms with Crippen LogP contribution in [0, 0.1) is 11.8 Å². The molecule has 0 saturated heterocycles. The van der Waals surface area contributed by atoms with E-state index in [1.807, 2.05) is 0 Å². The van der Waals surface area contributed by atoms with Crippen LogP contribution in [0.5, 0.6) is 5.75 Å². The molecule has 0 aromatic carbocycles. The molecular formula is C25H24BrF3N4O4Se. The third-order valence-corrected chi connectivity index (χ3v) is 7.25. The number of rotatable bonds is 5. The van der Waals surface area contributed by atoms with E-state index in [4.69, 9.17) is 9.47 Å². The van der Waals surface area contributed by atoms with Crippen LogP contribution in [0.3, 0.4) is 0 Å². The fourth-order valence-electron chi connectivity index (χ4n) is 3.27. The van der Waals surface area contributed by atoms with Gasteiger partial charge in [0.25, 0.3) is 0 Å². The van der Waals surface area contributed by atoms with Gasteiger partial charge in [-0.1, -0.05) is 0 Å². The Balaban J connectivity index is 2.06. The summed E-state index contributed by atoms with van der Waals surface area (Å²) in [6, 6.07) is 6.29. The van der Waals surface area contributed by atoms with E-state index in [9.17, 15) is 22.8 Å². The van der Waals surface area contributed by atoms with Crippen molar-refractivity contribution >= 4 is 58.7 Å². The second-order valence-corrected chi connectivity index (χ2v) is 11.8. The number of amides is 2. The zero-order valence-corrected chi connectivity index (χ0v) is 24.4. The van der Waals surface area contributed by atoms with Crippen molar-refractivity contribution in [3.8, 4) is 17.6 Å². The van der Waals surface area contributed by atoms with Crippen LogP contribution in [0.25, 0.3) is 5.52 Å². The van der Waals surface area contributed by atoms with Crippen molar-refractivity contribution in [2.45, 2.75) is 31.4 Å². The molecule has 3 aromatic heterocycles. The summed E-state index contributed by atoms with van der Waals surface area (Å²) in [5.74, 6) is 5.30. The molecular weight excluding hydrogens is 636 g/mol. The van der Waals surface area contributed by atoms with Gasteiger partial charge in [-0.3, -0.25) is 0 Å². The van der Waals surface area contributed by atoms with E-state index in [0.717, 1.165) is 4.90 Å². The molecule has 2 amide bonds. The molecule has 3 heterocycles. The van der Waals surface area contributed by atoms with Crippen LogP contribution in [-0.4, -0.2) is 67.7 Å². The first kappa shape index (κ1) is 29.4. The summed E-state index contributed by atoms with van der Waals surface area (Å²) in [5, 5.41) is -1.94. The molecule has 0 spiro atoms. The second-order valence-electron chi connectivity index (χ2n) is 8.71. The molecule has 0 unspecified atom stereocenters. The van der Waals surface area contributed by atoms with Gasteiger partial charge in [0.1, 0.15) is 0 Å². The summed E-state index contributed by atoms with van der Waals surface area (Å²) in [5.41, 5.74) is 0.123. The zero-order valence-electron chi connectivity index (χ0n) is 21.1. The summed E-state index contributed by atoms with van der Waals surface area (Å²) in [7, 11) is 2.81. The van der Waals surface area contributed by atoms with Crippen LogP contribution in [0.1, 0.15) is 36.8 Å². The predicted molar refractivity (Wildman–Crippen MR) is 141 cm³/mol. The third-order valence-electron chi connectivity index (χ3n) is 4.82. The zero-order chi connectivity index (χ0) is 28.3. The number of halogens is 4. The van der Waals surface area contributed by atoms with Crippen molar-refractivity contribution in [2.75, 3.05) is 25.6 Å². The van der Waals surface area contributed by atoms with E-state index in [1.165, 1.54) is 30.8 Å². The van der Waals surface area contributed by atoms with E-state index >= 15 is 0 Å². The van der Waals surface area contributed by atoms with Gasteiger partial charge in [-0.2, -0.15) is 0 Å². The van der Waals surface area contributed by atoms with Gasteiger partial charge in [-0.05, 0) is 0 Å². The van der Waals surface area contributed by atoms with Crippen molar-refractivity contribution in [1.29, 1.82) is 0 Å². The number of aromatic nitrogens is 2. The van der Waals surface area contributed by atoms with E-state index in [2.05, 4.69) is 38.1 Å². The molecule has 0 atom stereocenters. The molecule has 8 nitrogen and oxygen atoms in total. The molecule has 202 valence electrons. The summed E-state index contributed by atoms with van der Waals surface area (Å²) >= 11 is 1.50. The van der Waals surface area contributed by atoms with Crippen molar-refractivity contribution < 1.29 is 32.2 Å². The van der Waals surface area contributed by atoms with E-state index < -0.39 is 37.6 Å². The first-order valence-corrected chi connectivity index (χ1v) is 13.6. The Kier molecular flexibility index (Phi) is 9.02. The second kappa shape index (κ2) is 11.7. The predicted octanol–water partition coefficient (Wildman–Crippen LogP) is 4.11. The van der Waals surface area contributed by atoms with Crippen molar-refractivity contribution in [3.05, 3.63) is 52.4 Å². The fraction of sp³-hybridized carbons (Fsp3) is 0.320. The summed E-state index contributed by atoms with van der Waals surface area (Å²) in [4.78, 5) is 30.4. The average Bonchev–Trinajstić information content (AvgIpc) is 3.17. The topological polar surface area (TPSA) is 85.2 Å². The minimum absolute atomic E-state index is 0.0341. The van der Waals surface area contributed by atoms with Gasteiger partial charge in [0.05, 0.1) is 0 Å². The number of anilines is 1. The normalized spacial score (nSPS) is 11.5. The number of ether oxygens (including phenoxy) is 2. The molecule has 0 fully saturated rings. The van der Waals surface area contributed by atoms with Gasteiger partial charge in [0.15, 0.2) is 0 Å². The fourth-order valence-corrected chi connectivity index (χ4v) is 5.19. The van der Waals surface area contributed by atoms with Gasteiger partial charge in [0, 0.05) is 7.05 Å². The number of hydrogen-bond donors (Lipinski definition) is 1. The Labute approximate surface area is 232 Å². The van der Waals surface area contributed by atoms with E-state index in [0.29, 0.717) is 9.99 Å². The summed E-state index contributed by atoms with van der Waals surface area (Å²) in [6.45, 7) is 4.82. The number of hydrogen-bond acceptors (Lipinski definition) is 5. The number of carbonyl (C=O) groups excluding carboxylic acids is 2. The Morgan fingerprint density at radius 1 is 1.26 bits per heavy atom. The number of alkyl halides is 3. The number of methoxy groups -OCH3 is 1. The van der Waals surface area contributed by atoms with E-state index in [1.54, 1.807) is 45.2 Å². The van der Waals surface area contributed by atoms with Crippen LogP contribution in [-0.2, 0) is 4.74 Å². The number of nitrogens with one attached hydrogen (secondary N) is 1. The molecule has 0 aliphatic heterocycles. The van der Waals surface area contributed by atoms with Crippen LogP contribution in [0.15, 0.2) is 41.1 Å². The molecule has 0 aliphatic rings. The molecule has 1 N–H and O–H groups in total. The average molecular weight is 660 g/mol. The molecule has 38 heavy (non-hydrogen) atoms. The number of fused-ring (bicyclic) bond motifs is 1. The maximum absolute atomic E-state index is 13.4. The number of pyridine rings is 2. The number of carbonyl (C=O) groups is 2. The molecule has 3 rings (SSSR count). The SMILES string of the molecule is CNC(=O)c1cc(OC)c(N(CC#Cc2cc3c(Br)cccn3c2[Se]C(F)(F)F)C(=O)OC(C)(C)C)cn1. The van der Waals surface area contributed by atoms with Gasteiger partial charge in [-0.15, -0.1) is 0 Å². The van der Waals surface area contributed by atoms with Crippen LogP contribution in [0.4, 0.5) is 23.7 Å². The Bertz CT molecular complexity index is 1420. The van der Waals surface area contributed by atoms with Crippen molar-refractivity contribution in [2.24, 2.45) is 0 Å². The van der Waals surface area contributed by atoms with Gasteiger partial charge >= 0.3 is 226 Å². The molecule has 0 bridgehead atoms. The van der Waals surface area contributed by atoms with Gasteiger partial charge in [0.2, 0.25) is 0 Å². The standard InChI is InChI=1S/C25H24BrF3N4O4Se/c1-24(2,3)37-23(35)33(19-14-31-17(21(34)30-4)13-20(19)36-5)11-6-8-15-12-18-16(26)9-7-10-32(18)22(15)38-25(27,28)29/h7,9-10,12-14H,11H2,1-5H3,(H,30,34). The summed E-state index contributed by atoms with van der Waals surface area (Å²) < 4.78 is 53.2. The first-order valence-electron chi connectivity index (χ1n) is 11.0. The van der Waals surface area contributed by atoms with Crippen LogP contribution >= 0.6 is 15.9 Å². The Morgan fingerprint density at radius 3 is 2.58 bits per heavy atom. The van der Waals surface area contributed by atoms with E-state index in [-0.39, 0.29) is 33.8 Å². The van der Waals surface area contributed by atoms with Gasteiger partial charge in [-0.25, -0.2) is 0 Å². The van der Waals surface area contributed by atoms with Crippen molar-refractivity contribution in [1.82, 2.24) is 14.7 Å². The molecule has 0 aliphatic carbocycles. The Morgan fingerprint density at radius 2 is 1.97 bits per heavy atom. The number of nitrogens with zero attached hydrogens (tertiary/aromatic N) is 3. The quantitative estimate of drug-likeness (QED) is 0.329. The van der Waals surface area contributed by atoms with Crippen LogP contribution < -0.4 is 19.5 Å². The third kappa shape index (κ3) is 7.22. The molecule has 0 radical (unpaired) electrons. The maximum atomic E-state index is 13.4. The summed E-state index contributed by atoms with van der Waals surface area (Å²) in [6.07, 6.45) is 2.05.